The largest absolute Gasteiger partial charge is 0.484 e. The van der Waals surface area contributed by atoms with Crippen LogP contribution in [0.2, 0.25) is 0 Å². The van der Waals surface area contributed by atoms with E-state index in [1.165, 1.54) is 24.3 Å². The maximum atomic E-state index is 12.8. The second-order valence-electron chi connectivity index (χ2n) is 5.18. The summed E-state index contributed by atoms with van der Waals surface area (Å²) in [6.07, 6.45) is 1.56. The van der Waals surface area contributed by atoms with Crippen molar-refractivity contribution < 1.29 is 23.1 Å². The number of carbonyl (C=O) groups excluding carboxylic acids is 1. The molecule has 0 aliphatic heterocycles. The van der Waals surface area contributed by atoms with Crippen molar-refractivity contribution in [3.63, 3.8) is 0 Å². The number of nitrogens with one attached hydrogen (secondary N) is 1. The molecule has 0 spiro atoms. The molecule has 0 fully saturated rings. The van der Waals surface area contributed by atoms with Crippen molar-refractivity contribution in [2.24, 2.45) is 0 Å². The average molecular weight is 357 g/mol. The normalized spacial score (nSPS) is 10.3. The summed E-state index contributed by atoms with van der Waals surface area (Å²) in [5.74, 6) is 0.718. The van der Waals surface area contributed by atoms with Crippen molar-refractivity contribution in [3.8, 4) is 23.1 Å². The molecule has 0 atom stereocenters. The molecule has 3 aromatic rings. The van der Waals surface area contributed by atoms with E-state index in [1.54, 1.807) is 30.5 Å². The van der Waals surface area contributed by atoms with Gasteiger partial charge in [-0.1, -0.05) is 0 Å². The molecular formula is C18H16FN3O4. The number of amides is 1. The van der Waals surface area contributed by atoms with Crippen LogP contribution in [-0.4, -0.2) is 35.9 Å². The van der Waals surface area contributed by atoms with Crippen LogP contribution in [-0.2, 0) is 4.79 Å². The Morgan fingerprint density at radius 1 is 1.08 bits per heavy atom. The molecule has 7 nitrogen and oxygen atoms in total. The lowest BCUT2D eigenvalue weighted by Crippen LogP contribution is -2.32. The highest BCUT2D eigenvalue weighted by molar-refractivity contribution is 5.77. The third-order valence-corrected chi connectivity index (χ3v) is 3.27. The second-order valence-corrected chi connectivity index (χ2v) is 5.18. The molecule has 8 heteroatoms. The predicted octanol–water partition coefficient (Wildman–Crippen LogP) is 2.45. The average Bonchev–Trinajstić information content (AvgIpc) is 3.20. The molecule has 0 unspecified atom stereocenters. The zero-order chi connectivity index (χ0) is 18.2. The van der Waals surface area contributed by atoms with Gasteiger partial charge in [0.1, 0.15) is 23.9 Å². The Bertz CT molecular complexity index is 821. The first-order chi connectivity index (χ1) is 12.7. The van der Waals surface area contributed by atoms with E-state index in [-0.39, 0.29) is 31.5 Å². The first-order valence-electron chi connectivity index (χ1n) is 7.86. The number of carbonyl (C=O) groups is 1. The molecule has 2 heterocycles. The SMILES string of the molecule is O=C(COc1ccc(F)cc1)NCCOc1ccc(-c2ccco2)nn1. The van der Waals surface area contributed by atoms with E-state index < -0.39 is 0 Å². The number of ether oxygens (including phenoxy) is 2. The summed E-state index contributed by atoms with van der Waals surface area (Å²) in [5.41, 5.74) is 0.605. The van der Waals surface area contributed by atoms with Gasteiger partial charge < -0.3 is 19.2 Å². The monoisotopic (exact) mass is 357 g/mol. The van der Waals surface area contributed by atoms with Gasteiger partial charge in [-0.3, -0.25) is 4.79 Å². The van der Waals surface area contributed by atoms with Gasteiger partial charge in [0.05, 0.1) is 12.8 Å². The lowest BCUT2D eigenvalue weighted by atomic mass is 10.3. The Labute approximate surface area is 148 Å². The van der Waals surface area contributed by atoms with E-state index >= 15 is 0 Å². The highest BCUT2D eigenvalue weighted by Crippen LogP contribution is 2.17. The topological polar surface area (TPSA) is 86.5 Å². The summed E-state index contributed by atoms with van der Waals surface area (Å²) in [4.78, 5) is 11.7. The number of aromatic nitrogens is 2. The van der Waals surface area contributed by atoms with E-state index in [0.717, 1.165) is 0 Å². The molecule has 1 amide bonds. The van der Waals surface area contributed by atoms with Crippen LogP contribution in [0.5, 0.6) is 11.6 Å². The Morgan fingerprint density at radius 2 is 1.92 bits per heavy atom. The van der Waals surface area contributed by atoms with E-state index in [0.29, 0.717) is 23.1 Å². The number of hydrogen-bond donors (Lipinski definition) is 1. The Morgan fingerprint density at radius 3 is 2.62 bits per heavy atom. The molecule has 1 N–H and O–H groups in total. The van der Waals surface area contributed by atoms with Gasteiger partial charge in [0.2, 0.25) is 5.88 Å². The zero-order valence-corrected chi connectivity index (χ0v) is 13.7. The van der Waals surface area contributed by atoms with Crippen LogP contribution in [0.4, 0.5) is 4.39 Å². The van der Waals surface area contributed by atoms with Gasteiger partial charge in [-0.25, -0.2) is 4.39 Å². The molecule has 0 saturated heterocycles. The summed E-state index contributed by atoms with van der Waals surface area (Å²) in [6.45, 7) is 0.355. The van der Waals surface area contributed by atoms with Gasteiger partial charge in [-0.15, -0.1) is 10.2 Å². The van der Waals surface area contributed by atoms with Crippen molar-refractivity contribution in [1.29, 1.82) is 0 Å². The van der Waals surface area contributed by atoms with Crippen LogP contribution < -0.4 is 14.8 Å². The standard InChI is InChI=1S/C18H16FN3O4/c19-13-3-5-14(6-4-13)26-12-17(23)20-9-11-25-18-8-7-15(21-22-18)16-2-1-10-24-16/h1-8,10H,9,11-12H2,(H,20,23). The van der Waals surface area contributed by atoms with E-state index in [1.807, 2.05) is 0 Å². The predicted molar refractivity (Wildman–Crippen MR) is 90.1 cm³/mol. The fraction of sp³-hybridized carbons (Fsp3) is 0.167. The minimum atomic E-state index is -0.362. The van der Waals surface area contributed by atoms with Gasteiger partial charge in [0.15, 0.2) is 12.4 Å². The Kier molecular flexibility index (Phi) is 5.76. The zero-order valence-electron chi connectivity index (χ0n) is 13.7. The smallest absolute Gasteiger partial charge is 0.258 e. The lowest BCUT2D eigenvalue weighted by molar-refractivity contribution is -0.123. The fourth-order valence-corrected chi connectivity index (χ4v) is 2.03. The summed E-state index contributed by atoms with van der Waals surface area (Å²) >= 11 is 0. The third kappa shape index (κ3) is 5.04. The minimum absolute atomic E-state index is 0.163. The minimum Gasteiger partial charge on any atom is -0.484 e. The maximum absolute atomic E-state index is 12.8. The van der Waals surface area contributed by atoms with Gasteiger partial charge >= 0.3 is 0 Å². The molecule has 0 saturated carbocycles. The summed E-state index contributed by atoms with van der Waals surface area (Å²) in [5, 5.41) is 10.6. The van der Waals surface area contributed by atoms with Gasteiger partial charge in [-0.05, 0) is 42.5 Å². The van der Waals surface area contributed by atoms with Crippen LogP contribution in [0.3, 0.4) is 0 Å². The van der Waals surface area contributed by atoms with E-state index in [2.05, 4.69) is 15.5 Å². The molecule has 0 aliphatic carbocycles. The van der Waals surface area contributed by atoms with Gasteiger partial charge in [0.25, 0.3) is 5.91 Å². The Hall–Kier alpha value is -3.42. The molecule has 134 valence electrons. The Balaban J connectivity index is 1.34. The fourth-order valence-electron chi connectivity index (χ4n) is 2.03. The van der Waals surface area contributed by atoms with Crippen LogP contribution in [0, 0.1) is 5.82 Å². The molecule has 3 rings (SSSR count). The van der Waals surface area contributed by atoms with E-state index in [9.17, 15) is 9.18 Å². The molecular weight excluding hydrogens is 341 g/mol. The van der Waals surface area contributed by atoms with Crippen LogP contribution in [0.25, 0.3) is 11.5 Å². The summed E-state index contributed by atoms with van der Waals surface area (Å²) in [7, 11) is 0. The first kappa shape index (κ1) is 17.4. The molecule has 0 aliphatic rings. The van der Waals surface area contributed by atoms with Gasteiger partial charge in [0, 0.05) is 6.07 Å². The quantitative estimate of drug-likeness (QED) is 0.623. The number of furan rings is 1. The number of rotatable bonds is 8. The van der Waals surface area contributed by atoms with Crippen LogP contribution >= 0.6 is 0 Å². The van der Waals surface area contributed by atoms with Crippen molar-refractivity contribution in [3.05, 3.63) is 60.6 Å². The molecule has 26 heavy (non-hydrogen) atoms. The second kappa shape index (κ2) is 8.61. The van der Waals surface area contributed by atoms with Crippen LogP contribution in [0.15, 0.2) is 59.2 Å². The number of benzene rings is 1. The third-order valence-electron chi connectivity index (χ3n) is 3.27. The van der Waals surface area contributed by atoms with Crippen LogP contribution in [0.1, 0.15) is 0 Å². The maximum Gasteiger partial charge on any atom is 0.258 e. The van der Waals surface area contributed by atoms with Crippen molar-refractivity contribution in [2.75, 3.05) is 19.8 Å². The van der Waals surface area contributed by atoms with E-state index in [4.69, 9.17) is 13.9 Å². The van der Waals surface area contributed by atoms with Crippen molar-refractivity contribution in [2.45, 2.75) is 0 Å². The number of hydrogen-bond acceptors (Lipinski definition) is 6. The number of halogens is 1. The lowest BCUT2D eigenvalue weighted by Gasteiger charge is -2.08. The van der Waals surface area contributed by atoms with Gasteiger partial charge in [-0.2, -0.15) is 0 Å². The van der Waals surface area contributed by atoms with Crippen molar-refractivity contribution >= 4 is 5.91 Å². The number of nitrogens with zero attached hydrogens (tertiary/aromatic N) is 2. The molecule has 0 radical (unpaired) electrons. The summed E-state index contributed by atoms with van der Waals surface area (Å²) in [6, 6.07) is 12.4. The highest BCUT2D eigenvalue weighted by atomic mass is 19.1. The molecule has 1 aromatic carbocycles. The highest BCUT2D eigenvalue weighted by Gasteiger charge is 2.05. The van der Waals surface area contributed by atoms with Crippen molar-refractivity contribution in [1.82, 2.24) is 15.5 Å². The molecule has 0 bridgehead atoms. The molecule has 2 aromatic heterocycles. The summed E-state index contributed by atoms with van der Waals surface area (Å²) < 4.78 is 28.6. The first-order valence-corrected chi connectivity index (χ1v) is 7.86.